The van der Waals surface area contributed by atoms with Gasteiger partial charge in [-0.15, -0.1) is 0 Å². The van der Waals surface area contributed by atoms with Crippen LogP contribution in [0.15, 0.2) is 4.47 Å². The fourth-order valence-corrected chi connectivity index (χ4v) is 4.03. The molecule has 0 aliphatic heterocycles. The molecule has 1 aliphatic rings. The quantitative estimate of drug-likeness (QED) is 0.842. The van der Waals surface area contributed by atoms with E-state index < -0.39 is 0 Å². The van der Waals surface area contributed by atoms with Gasteiger partial charge >= 0.3 is 0 Å². The van der Waals surface area contributed by atoms with Crippen LogP contribution in [-0.4, -0.2) is 16.3 Å². The van der Waals surface area contributed by atoms with Crippen molar-refractivity contribution in [3.8, 4) is 0 Å². The summed E-state index contributed by atoms with van der Waals surface area (Å²) >= 11 is 3.72. The summed E-state index contributed by atoms with van der Waals surface area (Å²) < 4.78 is 3.32. The molecule has 2 atom stereocenters. The Bertz CT molecular complexity index is 428. The number of hydrogen-bond donors (Lipinski definition) is 1. The third-order valence-corrected chi connectivity index (χ3v) is 5.38. The number of halogens is 1. The van der Waals surface area contributed by atoms with Crippen molar-refractivity contribution in [2.75, 3.05) is 6.54 Å². The lowest BCUT2D eigenvalue weighted by Gasteiger charge is -2.26. The summed E-state index contributed by atoms with van der Waals surface area (Å²) in [5.74, 6) is 1.77. The number of aromatic nitrogens is 2. The molecule has 0 spiro atoms. The zero-order valence-electron chi connectivity index (χ0n) is 13.1. The molecule has 114 valence electrons. The Morgan fingerprint density at radius 1 is 1.35 bits per heavy atom. The second kappa shape index (κ2) is 7.60. The maximum Gasteiger partial charge on any atom is 0.0767 e. The van der Waals surface area contributed by atoms with Crippen LogP contribution in [0.5, 0.6) is 0 Å². The normalized spacial score (nSPS) is 23.2. The predicted molar refractivity (Wildman–Crippen MR) is 87.8 cm³/mol. The van der Waals surface area contributed by atoms with Crippen LogP contribution in [0, 0.1) is 11.8 Å². The predicted octanol–water partition coefficient (Wildman–Crippen LogP) is 4.14. The topological polar surface area (TPSA) is 29.9 Å². The van der Waals surface area contributed by atoms with Gasteiger partial charge in [-0.05, 0) is 60.5 Å². The van der Waals surface area contributed by atoms with Gasteiger partial charge in [0.1, 0.15) is 0 Å². The lowest BCUT2D eigenvalue weighted by Crippen LogP contribution is -2.27. The minimum absolute atomic E-state index is 0.862. The summed E-state index contributed by atoms with van der Waals surface area (Å²) in [6, 6.07) is 0. The molecular formula is C16H28BrN3. The lowest BCUT2D eigenvalue weighted by atomic mass is 9.82. The van der Waals surface area contributed by atoms with E-state index in [1.165, 1.54) is 41.5 Å². The molecule has 1 saturated carbocycles. The van der Waals surface area contributed by atoms with E-state index in [-0.39, 0.29) is 0 Å². The molecule has 1 aromatic rings. The number of nitrogens with one attached hydrogen (secondary N) is 1. The molecule has 1 N–H and O–H groups in total. The highest BCUT2D eigenvalue weighted by Crippen LogP contribution is 2.28. The summed E-state index contributed by atoms with van der Waals surface area (Å²) in [5, 5.41) is 8.31. The Kier molecular flexibility index (Phi) is 6.09. The highest BCUT2D eigenvalue weighted by Gasteiger charge is 2.19. The first-order chi connectivity index (χ1) is 9.65. The Labute approximate surface area is 131 Å². The Morgan fingerprint density at radius 2 is 2.15 bits per heavy atom. The molecule has 1 heterocycles. The minimum atomic E-state index is 0.862. The third kappa shape index (κ3) is 3.85. The average molecular weight is 342 g/mol. The van der Waals surface area contributed by atoms with Crippen molar-refractivity contribution in [3.63, 3.8) is 0 Å². The van der Waals surface area contributed by atoms with Gasteiger partial charge in [-0.1, -0.05) is 26.7 Å². The summed E-state index contributed by atoms with van der Waals surface area (Å²) in [6.07, 6.45) is 6.60. The van der Waals surface area contributed by atoms with Gasteiger partial charge in [-0.2, -0.15) is 5.10 Å². The molecule has 2 unspecified atom stereocenters. The van der Waals surface area contributed by atoms with E-state index >= 15 is 0 Å². The van der Waals surface area contributed by atoms with Gasteiger partial charge in [0.2, 0.25) is 0 Å². The van der Waals surface area contributed by atoms with Crippen LogP contribution in [0.3, 0.4) is 0 Å². The van der Waals surface area contributed by atoms with Crippen LogP contribution in [0.1, 0.15) is 57.8 Å². The maximum absolute atomic E-state index is 4.65. The standard InChI is InChI=1S/C16H28BrN3/c1-4-14-16(17)15(20(5-2)19-14)11-18-10-13-8-6-7-12(3)9-13/h12-13,18H,4-11H2,1-3H3. The van der Waals surface area contributed by atoms with Gasteiger partial charge in [0, 0.05) is 13.1 Å². The van der Waals surface area contributed by atoms with Crippen LogP contribution in [-0.2, 0) is 19.5 Å². The van der Waals surface area contributed by atoms with E-state index in [0.29, 0.717) is 0 Å². The van der Waals surface area contributed by atoms with Crippen molar-refractivity contribution < 1.29 is 0 Å². The van der Waals surface area contributed by atoms with Gasteiger partial charge in [-0.25, -0.2) is 0 Å². The Balaban J connectivity index is 1.88. The van der Waals surface area contributed by atoms with E-state index in [1.54, 1.807) is 0 Å². The molecule has 0 aromatic carbocycles. The van der Waals surface area contributed by atoms with Gasteiger partial charge in [0.05, 0.1) is 15.9 Å². The summed E-state index contributed by atoms with van der Waals surface area (Å²) in [4.78, 5) is 0. The van der Waals surface area contributed by atoms with Crippen LogP contribution >= 0.6 is 15.9 Å². The molecular weight excluding hydrogens is 314 g/mol. The largest absolute Gasteiger partial charge is 0.311 e. The maximum atomic E-state index is 4.65. The molecule has 0 radical (unpaired) electrons. The summed E-state index contributed by atoms with van der Waals surface area (Å²) in [7, 11) is 0. The first kappa shape index (κ1) is 16.0. The number of hydrogen-bond acceptors (Lipinski definition) is 2. The van der Waals surface area contributed by atoms with Gasteiger partial charge < -0.3 is 5.32 Å². The lowest BCUT2D eigenvalue weighted by molar-refractivity contribution is 0.273. The molecule has 0 saturated heterocycles. The molecule has 0 bridgehead atoms. The molecule has 1 fully saturated rings. The van der Waals surface area contributed by atoms with Gasteiger partial charge in [0.15, 0.2) is 0 Å². The van der Waals surface area contributed by atoms with E-state index in [0.717, 1.165) is 37.9 Å². The third-order valence-electron chi connectivity index (χ3n) is 4.46. The molecule has 2 rings (SSSR count). The van der Waals surface area contributed by atoms with Crippen LogP contribution < -0.4 is 5.32 Å². The second-order valence-electron chi connectivity index (χ2n) is 6.15. The molecule has 3 nitrogen and oxygen atoms in total. The molecule has 1 aromatic heterocycles. The summed E-state index contributed by atoms with van der Waals surface area (Å²) in [5.41, 5.74) is 2.48. The van der Waals surface area contributed by atoms with Gasteiger partial charge in [-0.3, -0.25) is 4.68 Å². The zero-order chi connectivity index (χ0) is 14.5. The van der Waals surface area contributed by atoms with E-state index in [9.17, 15) is 0 Å². The second-order valence-corrected chi connectivity index (χ2v) is 6.94. The van der Waals surface area contributed by atoms with Crippen LogP contribution in [0.25, 0.3) is 0 Å². The fourth-order valence-electron chi connectivity index (χ4n) is 3.33. The number of aryl methyl sites for hydroxylation is 2. The smallest absolute Gasteiger partial charge is 0.0767 e. The average Bonchev–Trinajstić information content (AvgIpc) is 2.75. The molecule has 0 amide bonds. The molecule has 4 heteroatoms. The van der Waals surface area contributed by atoms with Crippen molar-refractivity contribution in [1.29, 1.82) is 0 Å². The van der Waals surface area contributed by atoms with Crippen molar-refractivity contribution in [3.05, 3.63) is 15.9 Å². The minimum Gasteiger partial charge on any atom is -0.311 e. The number of nitrogens with zero attached hydrogens (tertiary/aromatic N) is 2. The van der Waals surface area contributed by atoms with Crippen molar-refractivity contribution in [1.82, 2.24) is 15.1 Å². The van der Waals surface area contributed by atoms with Crippen LogP contribution in [0.4, 0.5) is 0 Å². The number of rotatable bonds is 6. The molecule has 1 aliphatic carbocycles. The first-order valence-electron chi connectivity index (χ1n) is 8.10. The van der Waals surface area contributed by atoms with E-state index in [2.05, 4.69) is 51.8 Å². The van der Waals surface area contributed by atoms with Crippen molar-refractivity contribution in [2.24, 2.45) is 11.8 Å². The van der Waals surface area contributed by atoms with Crippen molar-refractivity contribution in [2.45, 2.75) is 66.0 Å². The highest BCUT2D eigenvalue weighted by molar-refractivity contribution is 9.10. The Morgan fingerprint density at radius 3 is 2.80 bits per heavy atom. The van der Waals surface area contributed by atoms with E-state index in [1.807, 2.05) is 0 Å². The highest BCUT2D eigenvalue weighted by atomic mass is 79.9. The first-order valence-corrected chi connectivity index (χ1v) is 8.89. The monoisotopic (exact) mass is 341 g/mol. The van der Waals surface area contributed by atoms with Crippen LogP contribution in [0.2, 0.25) is 0 Å². The van der Waals surface area contributed by atoms with E-state index in [4.69, 9.17) is 0 Å². The van der Waals surface area contributed by atoms with Gasteiger partial charge in [0.25, 0.3) is 0 Å². The SMILES string of the molecule is CCc1nn(CC)c(CNCC2CCCC(C)C2)c1Br. The molecule has 20 heavy (non-hydrogen) atoms. The summed E-state index contributed by atoms with van der Waals surface area (Å²) in [6.45, 7) is 9.72. The fraction of sp³-hybridized carbons (Fsp3) is 0.812. The zero-order valence-corrected chi connectivity index (χ0v) is 14.7. The van der Waals surface area contributed by atoms with Crippen molar-refractivity contribution >= 4 is 15.9 Å². The Hall–Kier alpha value is -0.350.